The Labute approximate surface area is 137 Å². The first-order valence-corrected chi connectivity index (χ1v) is 7.70. The van der Waals surface area contributed by atoms with E-state index in [1.807, 2.05) is 0 Å². The normalized spacial score (nSPS) is 19.9. The highest BCUT2D eigenvalue weighted by Crippen LogP contribution is 2.22. The fourth-order valence-electron chi connectivity index (χ4n) is 2.86. The van der Waals surface area contributed by atoms with Crippen molar-refractivity contribution in [3.63, 3.8) is 0 Å². The van der Waals surface area contributed by atoms with E-state index < -0.39 is 0 Å². The number of amidine groups is 2. The molecule has 122 valence electrons. The van der Waals surface area contributed by atoms with E-state index in [-0.39, 0.29) is 0 Å². The second-order valence-electron chi connectivity index (χ2n) is 5.71. The molecule has 1 fully saturated rings. The number of nitrogens with one attached hydrogen (secondary N) is 1. The number of nitrogen functional groups attached to an aromatic ring is 1. The summed E-state index contributed by atoms with van der Waals surface area (Å²) in [5, 5.41) is 12.3. The highest BCUT2D eigenvalue weighted by molar-refractivity contribution is 6.48. The molecule has 0 aromatic carbocycles. The van der Waals surface area contributed by atoms with Crippen molar-refractivity contribution in [2.45, 2.75) is 12.8 Å². The zero-order valence-corrected chi connectivity index (χ0v) is 13.0. The van der Waals surface area contributed by atoms with Gasteiger partial charge in [-0.2, -0.15) is 9.61 Å². The molecule has 0 unspecified atom stereocenters. The molecule has 0 amide bonds. The lowest BCUT2D eigenvalue weighted by atomic mass is 10.2. The number of likely N-dealkylation sites (tertiary alicyclic amines) is 1. The molecule has 5 N–H and O–H groups in total. The molecule has 0 aliphatic carbocycles. The summed E-state index contributed by atoms with van der Waals surface area (Å²) in [7, 11) is 0. The molecule has 0 bridgehead atoms. The molecule has 4 heterocycles. The Morgan fingerprint density at radius 1 is 1.21 bits per heavy atom. The molecule has 0 spiro atoms. The van der Waals surface area contributed by atoms with Crippen molar-refractivity contribution in [1.29, 1.82) is 5.41 Å². The number of hydrogen-bond donors (Lipinski definition) is 3. The molecular weight excluding hydrogens is 306 g/mol. The van der Waals surface area contributed by atoms with Crippen molar-refractivity contribution in [2.75, 3.05) is 18.8 Å². The second kappa shape index (κ2) is 5.44. The molecule has 2 aliphatic heterocycles. The maximum absolute atomic E-state index is 8.11. The van der Waals surface area contributed by atoms with Gasteiger partial charge in [0.15, 0.2) is 17.3 Å². The molecule has 4 rings (SSSR count). The van der Waals surface area contributed by atoms with Gasteiger partial charge in [0.05, 0.1) is 17.6 Å². The predicted octanol–water partition coefficient (Wildman–Crippen LogP) is 0.712. The Hall–Kier alpha value is -3.23. The number of aliphatic imine (C=N–C) groups is 2. The zero-order valence-electron chi connectivity index (χ0n) is 13.0. The average Bonchev–Trinajstić information content (AvgIpc) is 3.21. The van der Waals surface area contributed by atoms with Crippen LogP contribution in [0.25, 0.3) is 5.65 Å². The molecule has 0 atom stereocenters. The van der Waals surface area contributed by atoms with Crippen LogP contribution in [0.1, 0.15) is 12.8 Å². The first-order chi connectivity index (χ1) is 11.6. The maximum Gasteiger partial charge on any atom is 0.183 e. The minimum atomic E-state index is 0.315. The number of nitrogens with zero attached hydrogens (tertiary/aromatic N) is 6. The summed E-state index contributed by atoms with van der Waals surface area (Å²) in [5.74, 6) is 1.46. The third-order valence-corrected chi connectivity index (χ3v) is 4.05. The van der Waals surface area contributed by atoms with Gasteiger partial charge in [0.25, 0.3) is 0 Å². The van der Waals surface area contributed by atoms with Crippen molar-refractivity contribution in [2.24, 2.45) is 15.7 Å². The van der Waals surface area contributed by atoms with Gasteiger partial charge < -0.3 is 16.4 Å². The summed E-state index contributed by atoms with van der Waals surface area (Å²) in [6.45, 7) is 1.80. The van der Waals surface area contributed by atoms with E-state index in [1.54, 1.807) is 24.5 Å². The molecule has 1 saturated heterocycles. The molecule has 24 heavy (non-hydrogen) atoms. The molecule has 2 aromatic heterocycles. The van der Waals surface area contributed by atoms with Crippen LogP contribution < -0.4 is 11.5 Å². The number of dihydropyridines is 1. The van der Waals surface area contributed by atoms with Crippen LogP contribution in [0.5, 0.6) is 0 Å². The van der Waals surface area contributed by atoms with Gasteiger partial charge in [-0.1, -0.05) is 0 Å². The first kappa shape index (κ1) is 14.4. The van der Waals surface area contributed by atoms with Gasteiger partial charge in [-0.25, -0.2) is 15.0 Å². The average molecular weight is 323 g/mol. The van der Waals surface area contributed by atoms with Crippen LogP contribution in [-0.2, 0) is 0 Å². The van der Waals surface area contributed by atoms with E-state index >= 15 is 0 Å². The van der Waals surface area contributed by atoms with Crippen molar-refractivity contribution in [1.82, 2.24) is 19.5 Å². The monoisotopic (exact) mass is 323 g/mol. The molecule has 9 heteroatoms. The van der Waals surface area contributed by atoms with Crippen LogP contribution in [-0.4, -0.2) is 50.0 Å². The maximum atomic E-state index is 8.11. The Balaban J connectivity index is 1.78. The van der Waals surface area contributed by atoms with Gasteiger partial charge in [0, 0.05) is 19.3 Å². The summed E-state index contributed by atoms with van der Waals surface area (Å²) >= 11 is 0. The second-order valence-corrected chi connectivity index (χ2v) is 5.71. The van der Waals surface area contributed by atoms with Crippen LogP contribution in [0.2, 0.25) is 0 Å². The summed E-state index contributed by atoms with van der Waals surface area (Å²) in [4.78, 5) is 15.4. The predicted molar refractivity (Wildman–Crippen MR) is 92.7 cm³/mol. The molecule has 2 aromatic rings. The van der Waals surface area contributed by atoms with Crippen LogP contribution in [0.3, 0.4) is 0 Å². The third-order valence-electron chi connectivity index (χ3n) is 4.05. The fraction of sp³-hybridized carbons (Fsp3) is 0.267. The third kappa shape index (κ3) is 2.30. The number of aromatic nitrogens is 3. The summed E-state index contributed by atoms with van der Waals surface area (Å²) in [6, 6.07) is 1.66. The lowest BCUT2D eigenvalue weighted by Crippen LogP contribution is -2.37. The van der Waals surface area contributed by atoms with Gasteiger partial charge >= 0.3 is 0 Å². The van der Waals surface area contributed by atoms with E-state index in [1.165, 1.54) is 4.52 Å². The molecule has 0 saturated carbocycles. The highest BCUT2D eigenvalue weighted by Gasteiger charge is 2.24. The van der Waals surface area contributed by atoms with Crippen LogP contribution in [0, 0.1) is 5.41 Å². The smallest absolute Gasteiger partial charge is 0.183 e. The minimum absolute atomic E-state index is 0.315. The standard InChI is InChI=1S/C15H17N9/c16-9-7-10(17)14(23-5-1-2-6-23)22-13(9)21-11-8-20-24-12(18)3-4-19-15(11)24/h3-4,7-8,17H,1-2,5-6,16,18H2/b17-10?,21-13-. The van der Waals surface area contributed by atoms with Crippen LogP contribution in [0.4, 0.5) is 11.5 Å². The van der Waals surface area contributed by atoms with Gasteiger partial charge in [0.2, 0.25) is 0 Å². The lowest BCUT2D eigenvalue weighted by Gasteiger charge is -2.22. The minimum Gasteiger partial charge on any atom is -0.396 e. The van der Waals surface area contributed by atoms with Crippen LogP contribution in [0.15, 0.2) is 40.2 Å². The lowest BCUT2D eigenvalue weighted by molar-refractivity contribution is 0.526. The van der Waals surface area contributed by atoms with E-state index in [2.05, 4.69) is 25.0 Å². The van der Waals surface area contributed by atoms with Gasteiger partial charge in [-0.3, -0.25) is 5.41 Å². The number of anilines is 1. The first-order valence-electron chi connectivity index (χ1n) is 7.70. The molecule has 9 nitrogen and oxygen atoms in total. The quantitative estimate of drug-likeness (QED) is 0.710. The van der Waals surface area contributed by atoms with Crippen molar-refractivity contribution in [3.8, 4) is 0 Å². The van der Waals surface area contributed by atoms with E-state index in [0.717, 1.165) is 25.9 Å². The van der Waals surface area contributed by atoms with Gasteiger partial charge in [0.1, 0.15) is 11.5 Å². The summed E-state index contributed by atoms with van der Waals surface area (Å²) in [6.07, 6.45) is 6.98. The number of nitrogens with two attached hydrogens (primary N) is 2. The van der Waals surface area contributed by atoms with Crippen molar-refractivity contribution in [3.05, 3.63) is 30.2 Å². The Kier molecular flexibility index (Phi) is 3.26. The van der Waals surface area contributed by atoms with Crippen molar-refractivity contribution < 1.29 is 0 Å². The van der Waals surface area contributed by atoms with Gasteiger partial charge in [-0.15, -0.1) is 0 Å². The van der Waals surface area contributed by atoms with Crippen LogP contribution >= 0.6 is 0 Å². The van der Waals surface area contributed by atoms with E-state index in [4.69, 9.17) is 16.9 Å². The topological polar surface area (TPSA) is 134 Å². The molecule has 2 aliphatic rings. The SMILES string of the molecule is N=C1C=C(N)/C(=N/c2cnn3c(N)ccnc23)N=C1N1CCCC1. The number of rotatable bonds is 1. The summed E-state index contributed by atoms with van der Waals surface area (Å²) in [5.41, 5.74) is 13.6. The largest absolute Gasteiger partial charge is 0.396 e. The fourth-order valence-corrected chi connectivity index (χ4v) is 2.86. The Bertz CT molecular complexity index is 912. The van der Waals surface area contributed by atoms with Crippen molar-refractivity contribution >= 4 is 34.5 Å². The zero-order chi connectivity index (χ0) is 16.7. The van der Waals surface area contributed by atoms with E-state index in [0.29, 0.717) is 40.2 Å². The molecular formula is C15H17N9. The Morgan fingerprint density at radius 2 is 2.00 bits per heavy atom. The van der Waals surface area contributed by atoms with Gasteiger partial charge in [-0.05, 0) is 25.0 Å². The number of fused-ring (bicyclic) bond motifs is 1. The number of hydrogen-bond acceptors (Lipinski definition) is 7. The molecule has 0 radical (unpaired) electrons. The Morgan fingerprint density at radius 3 is 2.79 bits per heavy atom. The highest BCUT2D eigenvalue weighted by atomic mass is 15.3. The summed E-state index contributed by atoms with van der Waals surface area (Å²) < 4.78 is 1.51. The van der Waals surface area contributed by atoms with E-state index in [9.17, 15) is 0 Å².